The average Bonchev–Trinajstić information content (AvgIpc) is 2.85. The van der Waals surface area contributed by atoms with Crippen LogP contribution in [0.25, 0.3) is 6.08 Å². The molecule has 0 saturated heterocycles. The average molecular weight is 278 g/mol. The summed E-state index contributed by atoms with van der Waals surface area (Å²) in [5.74, 6) is -0.273. The Morgan fingerprint density at radius 3 is 2.62 bits per heavy atom. The predicted octanol–water partition coefficient (Wildman–Crippen LogP) is 4.35. The first-order chi connectivity index (χ1) is 10.1. The second kappa shape index (κ2) is 5.21. The monoisotopic (exact) mass is 278 g/mol. The van der Waals surface area contributed by atoms with Crippen molar-refractivity contribution in [3.8, 4) is 0 Å². The Hall–Kier alpha value is -2.35. The zero-order chi connectivity index (χ0) is 14.9. The first-order valence-corrected chi connectivity index (χ1v) is 7.17. The number of esters is 1. The van der Waals surface area contributed by atoms with Crippen LogP contribution in [0.3, 0.4) is 0 Å². The Balaban J connectivity index is 1.83. The topological polar surface area (TPSA) is 26.3 Å². The summed E-state index contributed by atoms with van der Waals surface area (Å²) in [6.45, 7) is 5.70. The molecule has 0 N–H and O–H groups in total. The van der Waals surface area contributed by atoms with Crippen molar-refractivity contribution in [2.45, 2.75) is 25.4 Å². The van der Waals surface area contributed by atoms with E-state index in [2.05, 4.69) is 18.7 Å². The molecule has 1 aliphatic carbocycles. The molecule has 1 aliphatic rings. The van der Waals surface area contributed by atoms with Crippen molar-refractivity contribution >= 4 is 12.0 Å². The van der Waals surface area contributed by atoms with Crippen LogP contribution in [0.4, 0.5) is 0 Å². The van der Waals surface area contributed by atoms with Gasteiger partial charge in [-0.3, -0.25) is 0 Å². The number of carbonyl (C=O) groups excluding carboxylic acids is 1. The smallest absolute Gasteiger partial charge is 0.339 e. The third-order valence-corrected chi connectivity index (χ3v) is 4.16. The van der Waals surface area contributed by atoms with Gasteiger partial charge in [0.1, 0.15) is 5.60 Å². The summed E-state index contributed by atoms with van der Waals surface area (Å²) < 4.78 is 5.82. The highest BCUT2D eigenvalue weighted by molar-refractivity contribution is 5.90. The SMILES string of the molecule is C=Cc1ccc(C(=O)OC2(C)CCc3ccccc32)cc1. The zero-order valence-electron chi connectivity index (χ0n) is 12.1. The standard InChI is InChI=1S/C19H18O2/c1-3-14-8-10-16(11-9-14)18(20)21-19(2)13-12-15-6-4-5-7-17(15)19/h3-11H,1,12-13H2,2H3. The second-order valence-corrected chi connectivity index (χ2v) is 5.60. The molecule has 0 amide bonds. The largest absolute Gasteiger partial charge is 0.451 e. The minimum Gasteiger partial charge on any atom is -0.451 e. The molecule has 1 unspecified atom stereocenters. The molecule has 0 radical (unpaired) electrons. The minimum absolute atomic E-state index is 0.273. The zero-order valence-corrected chi connectivity index (χ0v) is 12.1. The van der Waals surface area contributed by atoms with Crippen LogP contribution in [0, 0.1) is 0 Å². The lowest BCUT2D eigenvalue weighted by atomic mass is 9.98. The molecule has 21 heavy (non-hydrogen) atoms. The van der Waals surface area contributed by atoms with E-state index < -0.39 is 5.60 Å². The van der Waals surface area contributed by atoms with Crippen molar-refractivity contribution in [2.75, 3.05) is 0 Å². The van der Waals surface area contributed by atoms with Gasteiger partial charge in [0.25, 0.3) is 0 Å². The quantitative estimate of drug-likeness (QED) is 0.780. The maximum absolute atomic E-state index is 12.4. The van der Waals surface area contributed by atoms with E-state index in [4.69, 9.17) is 4.74 Å². The number of benzene rings is 2. The molecule has 2 nitrogen and oxygen atoms in total. The third-order valence-electron chi connectivity index (χ3n) is 4.16. The van der Waals surface area contributed by atoms with Gasteiger partial charge >= 0.3 is 5.97 Å². The molecule has 2 heteroatoms. The number of hydrogen-bond donors (Lipinski definition) is 0. The van der Waals surface area contributed by atoms with Crippen molar-refractivity contribution < 1.29 is 9.53 Å². The van der Waals surface area contributed by atoms with Crippen LogP contribution < -0.4 is 0 Å². The summed E-state index contributed by atoms with van der Waals surface area (Å²) >= 11 is 0. The minimum atomic E-state index is -0.523. The van der Waals surface area contributed by atoms with E-state index in [1.54, 1.807) is 18.2 Å². The van der Waals surface area contributed by atoms with E-state index in [9.17, 15) is 4.79 Å². The molecule has 0 aromatic heterocycles. The molecule has 2 aromatic carbocycles. The van der Waals surface area contributed by atoms with Gasteiger partial charge in [0.2, 0.25) is 0 Å². The second-order valence-electron chi connectivity index (χ2n) is 5.60. The van der Waals surface area contributed by atoms with Crippen molar-refractivity contribution in [1.82, 2.24) is 0 Å². The van der Waals surface area contributed by atoms with Crippen molar-refractivity contribution in [3.63, 3.8) is 0 Å². The number of hydrogen-bond acceptors (Lipinski definition) is 2. The van der Waals surface area contributed by atoms with Crippen molar-refractivity contribution in [2.24, 2.45) is 0 Å². The Bertz CT molecular complexity index is 685. The molecular weight excluding hydrogens is 260 g/mol. The lowest BCUT2D eigenvalue weighted by molar-refractivity contribution is -0.0111. The lowest BCUT2D eigenvalue weighted by Gasteiger charge is -2.26. The first-order valence-electron chi connectivity index (χ1n) is 7.17. The molecule has 2 aromatic rings. The van der Waals surface area contributed by atoms with E-state index in [1.165, 1.54) is 5.56 Å². The van der Waals surface area contributed by atoms with Gasteiger partial charge in [-0.15, -0.1) is 0 Å². The number of fused-ring (bicyclic) bond motifs is 1. The Kier molecular flexibility index (Phi) is 3.38. The van der Waals surface area contributed by atoms with Gasteiger partial charge in [0, 0.05) is 0 Å². The molecule has 3 rings (SSSR count). The van der Waals surface area contributed by atoms with E-state index in [0.29, 0.717) is 5.56 Å². The van der Waals surface area contributed by atoms with E-state index in [-0.39, 0.29) is 5.97 Å². The molecule has 0 fully saturated rings. The Labute approximate surface area is 125 Å². The van der Waals surface area contributed by atoms with Gasteiger partial charge in [-0.1, -0.05) is 49.1 Å². The van der Waals surface area contributed by atoms with Crippen LogP contribution in [-0.2, 0) is 16.8 Å². The van der Waals surface area contributed by atoms with Gasteiger partial charge in [-0.05, 0) is 48.6 Å². The Morgan fingerprint density at radius 2 is 1.90 bits per heavy atom. The number of aryl methyl sites for hydroxylation is 1. The fourth-order valence-electron chi connectivity index (χ4n) is 2.89. The van der Waals surface area contributed by atoms with E-state index in [0.717, 1.165) is 24.0 Å². The summed E-state index contributed by atoms with van der Waals surface area (Å²) in [6.07, 6.45) is 3.54. The van der Waals surface area contributed by atoms with Gasteiger partial charge in [0.05, 0.1) is 5.56 Å². The summed E-state index contributed by atoms with van der Waals surface area (Å²) in [4.78, 5) is 12.4. The van der Waals surface area contributed by atoms with Gasteiger partial charge in [0.15, 0.2) is 0 Å². The summed E-state index contributed by atoms with van der Waals surface area (Å²) in [7, 11) is 0. The van der Waals surface area contributed by atoms with Gasteiger partial charge in [-0.25, -0.2) is 4.79 Å². The van der Waals surface area contributed by atoms with Crippen molar-refractivity contribution in [1.29, 1.82) is 0 Å². The molecule has 0 bridgehead atoms. The third kappa shape index (κ3) is 2.49. The van der Waals surface area contributed by atoms with Crippen LogP contribution in [0.5, 0.6) is 0 Å². The molecular formula is C19H18O2. The fourth-order valence-corrected chi connectivity index (χ4v) is 2.89. The maximum atomic E-state index is 12.4. The number of carbonyl (C=O) groups is 1. The predicted molar refractivity (Wildman–Crippen MR) is 84.1 cm³/mol. The highest BCUT2D eigenvalue weighted by atomic mass is 16.6. The van der Waals surface area contributed by atoms with Crippen LogP contribution in [-0.4, -0.2) is 5.97 Å². The Morgan fingerprint density at radius 1 is 1.19 bits per heavy atom. The van der Waals surface area contributed by atoms with Gasteiger partial charge < -0.3 is 4.74 Å². The fraction of sp³-hybridized carbons (Fsp3) is 0.211. The van der Waals surface area contributed by atoms with Crippen LogP contribution >= 0.6 is 0 Å². The molecule has 0 saturated carbocycles. The normalized spacial score (nSPS) is 19.9. The van der Waals surface area contributed by atoms with Crippen LogP contribution in [0.15, 0.2) is 55.1 Å². The highest BCUT2D eigenvalue weighted by Crippen LogP contribution is 2.40. The lowest BCUT2D eigenvalue weighted by Crippen LogP contribution is -2.26. The maximum Gasteiger partial charge on any atom is 0.339 e. The summed E-state index contributed by atoms with van der Waals surface area (Å²) in [5.41, 5.74) is 3.44. The number of rotatable bonds is 3. The van der Waals surface area contributed by atoms with Gasteiger partial charge in [-0.2, -0.15) is 0 Å². The van der Waals surface area contributed by atoms with E-state index >= 15 is 0 Å². The highest BCUT2D eigenvalue weighted by Gasteiger charge is 2.37. The molecule has 1 atom stereocenters. The van der Waals surface area contributed by atoms with Crippen LogP contribution in [0.2, 0.25) is 0 Å². The molecule has 0 heterocycles. The van der Waals surface area contributed by atoms with E-state index in [1.807, 2.05) is 31.2 Å². The molecule has 0 spiro atoms. The van der Waals surface area contributed by atoms with Crippen LogP contribution in [0.1, 0.15) is 40.4 Å². The molecule has 106 valence electrons. The number of ether oxygens (including phenoxy) is 1. The summed E-state index contributed by atoms with van der Waals surface area (Å²) in [5, 5.41) is 0. The molecule has 0 aliphatic heterocycles. The van der Waals surface area contributed by atoms with Crippen molar-refractivity contribution in [3.05, 3.63) is 77.4 Å². The summed E-state index contributed by atoms with van der Waals surface area (Å²) in [6, 6.07) is 15.5. The first kappa shape index (κ1) is 13.6.